The molecule has 0 radical (unpaired) electrons. The summed E-state index contributed by atoms with van der Waals surface area (Å²) in [5.41, 5.74) is 1.33. The first-order chi connectivity index (χ1) is 10.3. The van der Waals surface area contributed by atoms with Crippen LogP contribution in [0.3, 0.4) is 0 Å². The summed E-state index contributed by atoms with van der Waals surface area (Å²) < 4.78 is 11.2. The Kier molecular flexibility index (Phi) is 9.92. The molecule has 0 amide bonds. The van der Waals surface area contributed by atoms with Gasteiger partial charge in [-0.15, -0.1) is 0 Å². The molecule has 3 nitrogen and oxygen atoms in total. The van der Waals surface area contributed by atoms with Crippen molar-refractivity contribution in [3.63, 3.8) is 0 Å². The molecule has 1 atom stereocenters. The van der Waals surface area contributed by atoms with Crippen LogP contribution in [0.2, 0.25) is 0 Å². The lowest BCUT2D eigenvalue weighted by atomic mass is 10.0. The second-order valence-corrected chi connectivity index (χ2v) is 5.30. The highest BCUT2D eigenvalue weighted by Crippen LogP contribution is 2.20. The summed E-state index contributed by atoms with van der Waals surface area (Å²) in [5.74, 6) is 0.920. The predicted octanol–water partition coefficient (Wildman–Crippen LogP) is 4.33. The lowest BCUT2D eigenvalue weighted by Gasteiger charge is -2.17. The molecule has 1 unspecified atom stereocenters. The minimum Gasteiger partial charge on any atom is -0.491 e. The zero-order valence-electron chi connectivity index (χ0n) is 13.9. The molecule has 1 aromatic carbocycles. The van der Waals surface area contributed by atoms with Gasteiger partial charge in [0.05, 0.1) is 6.61 Å². The van der Waals surface area contributed by atoms with Gasteiger partial charge in [0.25, 0.3) is 0 Å². The van der Waals surface area contributed by atoms with Gasteiger partial charge in [0.1, 0.15) is 12.4 Å². The average Bonchev–Trinajstić information content (AvgIpc) is 2.53. The van der Waals surface area contributed by atoms with Gasteiger partial charge in [-0.3, -0.25) is 0 Å². The summed E-state index contributed by atoms with van der Waals surface area (Å²) in [6, 6.07) is 8.86. The van der Waals surface area contributed by atoms with E-state index in [1.807, 2.05) is 0 Å². The van der Waals surface area contributed by atoms with Gasteiger partial charge in [-0.2, -0.15) is 0 Å². The van der Waals surface area contributed by atoms with Crippen LogP contribution in [-0.4, -0.2) is 26.4 Å². The largest absolute Gasteiger partial charge is 0.491 e. The van der Waals surface area contributed by atoms with Crippen LogP contribution in [0.4, 0.5) is 0 Å². The molecule has 3 heteroatoms. The van der Waals surface area contributed by atoms with Crippen molar-refractivity contribution in [1.29, 1.82) is 0 Å². The van der Waals surface area contributed by atoms with Gasteiger partial charge in [-0.05, 0) is 43.5 Å². The van der Waals surface area contributed by atoms with E-state index in [1.165, 1.54) is 12.0 Å². The van der Waals surface area contributed by atoms with Crippen LogP contribution in [0.1, 0.15) is 58.1 Å². The SMILES string of the molecule is CCCCOCCOc1ccc(C(CC)NCCC)cc1. The fraction of sp³-hybridized carbons (Fsp3) is 0.667. The van der Waals surface area contributed by atoms with Crippen LogP contribution in [0, 0.1) is 0 Å². The van der Waals surface area contributed by atoms with Crippen molar-refractivity contribution in [1.82, 2.24) is 5.32 Å². The topological polar surface area (TPSA) is 30.5 Å². The van der Waals surface area contributed by atoms with E-state index >= 15 is 0 Å². The molecule has 0 aliphatic heterocycles. The van der Waals surface area contributed by atoms with E-state index in [1.54, 1.807) is 0 Å². The molecule has 0 aliphatic carbocycles. The highest BCUT2D eigenvalue weighted by Gasteiger charge is 2.07. The first-order valence-electron chi connectivity index (χ1n) is 8.35. The molecule has 0 saturated carbocycles. The van der Waals surface area contributed by atoms with Crippen molar-refractivity contribution in [3.8, 4) is 5.75 Å². The third kappa shape index (κ3) is 7.49. The highest BCUT2D eigenvalue weighted by atomic mass is 16.5. The van der Waals surface area contributed by atoms with Crippen LogP contribution in [0.25, 0.3) is 0 Å². The van der Waals surface area contributed by atoms with Crippen molar-refractivity contribution >= 4 is 0 Å². The Morgan fingerprint density at radius 1 is 0.952 bits per heavy atom. The summed E-state index contributed by atoms with van der Waals surface area (Å²) in [6.45, 7) is 9.75. The van der Waals surface area contributed by atoms with Gasteiger partial charge in [-0.25, -0.2) is 0 Å². The Bertz CT molecular complexity index is 351. The normalized spacial score (nSPS) is 12.3. The molecule has 0 aromatic heterocycles. The Labute approximate surface area is 130 Å². The van der Waals surface area contributed by atoms with Gasteiger partial charge < -0.3 is 14.8 Å². The summed E-state index contributed by atoms with van der Waals surface area (Å²) in [4.78, 5) is 0. The highest BCUT2D eigenvalue weighted by molar-refractivity contribution is 5.29. The van der Waals surface area contributed by atoms with Gasteiger partial charge in [-0.1, -0.05) is 39.3 Å². The molecule has 21 heavy (non-hydrogen) atoms. The summed E-state index contributed by atoms with van der Waals surface area (Å²) in [7, 11) is 0. The molecule has 0 spiro atoms. The molecule has 1 rings (SSSR count). The third-order valence-corrected chi connectivity index (χ3v) is 3.47. The van der Waals surface area contributed by atoms with Crippen molar-refractivity contribution in [2.24, 2.45) is 0 Å². The molecule has 0 fully saturated rings. The smallest absolute Gasteiger partial charge is 0.119 e. The molecule has 0 heterocycles. The maximum absolute atomic E-state index is 5.69. The number of benzene rings is 1. The number of nitrogens with one attached hydrogen (secondary N) is 1. The van der Waals surface area contributed by atoms with Crippen LogP contribution >= 0.6 is 0 Å². The summed E-state index contributed by atoms with van der Waals surface area (Å²) >= 11 is 0. The van der Waals surface area contributed by atoms with Crippen LogP contribution in [-0.2, 0) is 4.74 Å². The zero-order chi connectivity index (χ0) is 15.3. The second-order valence-electron chi connectivity index (χ2n) is 5.30. The van der Waals surface area contributed by atoms with Gasteiger partial charge >= 0.3 is 0 Å². The van der Waals surface area contributed by atoms with Gasteiger partial charge in [0.2, 0.25) is 0 Å². The third-order valence-electron chi connectivity index (χ3n) is 3.47. The lowest BCUT2D eigenvalue weighted by molar-refractivity contribution is 0.0980. The maximum Gasteiger partial charge on any atom is 0.119 e. The van der Waals surface area contributed by atoms with E-state index in [2.05, 4.69) is 50.4 Å². The molecule has 1 aromatic rings. The lowest BCUT2D eigenvalue weighted by Crippen LogP contribution is -2.21. The Balaban J connectivity index is 2.32. The minimum absolute atomic E-state index is 0.441. The minimum atomic E-state index is 0.441. The first kappa shape index (κ1) is 18.0. The van der Waals surface area contributed by atoms with Crippen molar-refractivity contribution < 1.29 is 9.47 Å². The molecule has 0 aliphatic rings. The molecule has 0 saturated heterocycles. The first-order valence-corrected chi connectivity index (χ1v) is 8.35. The van der Waals surface area contributed by atoms with E-state index in [9.17, 15) is 0 Å². The zero-order valence-corrected chi connectivity index (χ0v) is 13.9. The molecule has 120 valence electrons. The van der Waals surface area contributed by atoms with Gasteiger partial charge in [0, 0.05) is 12.6 Å². The van der Waals surface area contributed by atoms with Crippen molar-refractivity contribution in [3.05, 3.63) is 29.8 Å². The molecular weight excluding hydrogens is 262 g/mol. The van der Waals surface area contributed by atoms with E-state index < -0.39 is 0 Å². The van der Waals surface area contributed by atoms with E-state index in [0.717, 1.165) is 38.2 Å². The number of hydrogen-bond donors (Lipinski definition) is 1. The average molecular weight is 293 g/mol. The number of unbranched alkanes of at least 4 members (excludes halogenated alkanes) is 1. The monoisotopic (exact) mass is 293 g/mol. The predicted molar refractivity (Wildman–Crippen MR) is 89.0 cm³/mol. The summed E-state index contributed by atoms with van der Waals surface area (Å²) in [5, 5.41) is 3.57. The second kappa shape index (κ2) is 11.6. The number of ether oxygens (including phenoxy) is 2. The Morgan fingerprint density at radius 3 is 2.33 bits per heavy atom. The fourth-order valence-corrected chi connectivity index (χ4v) is 2.18. The molecule has 0 bridgehead atoms. The Morgan fingerprint density at radius 2 is 1.71 bits per heavy atom. The fourth-order valence-electron chi connectivity index (χ4n) is 2.18. The number of hydrogen-bond acceptors (Lipinski definition) is 3. The standard InChI is InChI=1S/C18H31NO2/c1-4-7-13-20-14-15-21-17-10-8-16(9-11-17)18(6-3)19-12-5-2/h8-11,18-19H,4-7,12-15H2,1-3H3. The van der Waals surface area contributed by atoms with Gasteiger partial charge in [0.15, 0.2) is 0 Å². The molecule has 1 N–H and O–H groups in total. The summed E-state index contributed by atoms with van der Waals surface area (Å²) in [6.07, 6.45) is 4.56. The number of rotatable bonds is 12. The molecular formula is C18H31NO2. The van der Waals surface area contributed by atoms with E-state index in [-0.39, 0.29) is 0 Å². The van der Waals surface area contributed by atoms with Crippen LogP contribution in [0.5, 0.6) is 5.75 Å². The van der Waals surface area contributed by atoms with Crippen LogP contribution < -0.4 is 10.1 Å². The Hall–Kier alpha value is -1.06. The maximum atomic E-state index is 5.69. The van der Waals surface area contributed by atoms with E-state index in [0.29, 0.717) is 19.3 Å². The van der Waals surface area contributed by atoms with Crippen molar-refractivity contribution in [2.45, 2.75) is 52.5 Å². The van der Waals surface area contributed by atoms with Crippen LogP contribution in [0.15, 0.2) is 24.3 Å². The van der Waals surface area contributed by atoms with Crippen molar-refractivity contribution in [2.75, 3.05) is 26.4 Å². The van der Waals surface area contributed by atoms with E-state index in [4.69, 9.17) is 9.47 Å². The quantitative estimate of drug-likeness (QED) is 0.582.